The van der Waals surface area contributed by atoms with E-state index in [0.29, 0.717) is 6.42 Å². The van der Waals surface area contributed by atoms with Crippen molar-refractivity contribution in [2.24, 2.45) is 0 Å². The Kier molecular flexibility index (Phi) is 3.80. The Morgan fingerprint density at radius 2 is 2.26 bits per heavy atom. The molecule has 1 aromatic carbocycles. The van der Waals surface area contributed by atoms with Crippen LogP contribution in [-0.2, 0) is 4.79 Å². The molecule has 1 heterocycles. The van der Waals surface area contributed by atoms with Gasteiger partial charge in [0.2, 0.25) is 0 Å². The van der Waals surface area contributed by atoms with Crippen LogP contribution in [0.2, 0.25) is 0 Å². The highest BCUT2D eigenvalue weighted by Gasteiger charge is 2.16. The Morgan fingerprint density at radius 1 is 1.53 bits per heavy atom. The minimum atomic E-state index is -0.890. The van der Waals surface area contributed by atoms with Gasteiger partial charge in [0.25, 0.3) is 0 Å². The van der Waals surface area contributed by atoms with Crippen molar-refractivity contribution in [3.63, 3.8) is 0 Å². The minimum Gasteiger partial charge on any atom is -0.480 e. The van der Waals surface area contributed by atoms with Gasteiger partial charge >= 0.3 is 5.97 Å². The number of para-hydroxylation sites is 1. The molecule has 4 heteroatoms. The van der Waals surface area contributed by atoms with Crippen molar-refractivity contribution in [3.8, 4) is 0 Å². The van der Waals surface area contributed by atoms with E-state index in [0.717, 1.165) is 22.3 Å². The van der Waals surface area contributed by atoms with E-state index in [-0.39, 0.29) is 0 Å². The molecule has 0 radical (unpaired) electrons. The van der Waals surface area contributed by atoms with Gasteiger partial charge in [0.15, 0.2) is 0 Å². The van der Waals surface area contributed by atoms with Crippen molar-refractivity contribution in [2.45, 2.75) is 19.4 Å². The van der Waals surface area contributed by atoms with Gasteiger partial charge in [-0.25, -0.2) is 4.79 Å². The van der Waals surface area contributed by atoms with E-state index in [1.165, 1.54) is 0 Å². The summed E-state index contributed by atoms with van der Waals surface area (Å²) in [7, 11) is 0. The summed E-state index contributed by atoms with van der Waals surface area (Å²) in [5, 5.41) is 13.2. The van der Waals surface area contributed by atoms with Crippen molar-refractivity contribution in [1.29, 1.82) is 0 Å². The highest BCUT2D eigenvalue weighted by Crippen LogP contribution is 2.24. The van der Waals surface area contributed by atoms with Crippen molar-refractivity contribution in [2.75, 3.05) is 5.32 Å². The Labute approximate surface area is 111 Å². The number of benzene rings is 1. The molecule has 4 nitrogen and oxygen atoms in total. The normalized spacial score (nSPS) is 12.1. The van der Waals surface area contributed by atoms with E-state index in [4.69, 9.17) is 0 Å². The van der Waals surface area contributed by atoms with Crippen LogP contribution in [0.1, 0.15) is 12.1 Å². The van der Waals surface area contributed by atoms with Crippen LogP contribution in [0.5, 0.6) is 0 Å². The molecule has 2 aromatic rings. The van der Waals surface area contributed by atoms with Gasteiger partial charge in [0.05, 0.1) is 5.52 Å². The minimum absolute atomic E-state index is 0.366. The van der Waals surface area contributed by atoms with E-state index in [2.05, 4.69) is 16.9 Å². The molecule has 2 rings (SSSR count). The summed E-state index contributed by atoms with van der Waals surface area (Å²) in [6.07, 6.45) is 1.97. The molecule has 0 aliphatic heterocycles. The molecule has 0 aliphatic rings. The smallest absolute Gasteiger partial charge is 0.326 e. The van der Waals surface area contributed by atoms with Gasteiger partial charge < -0.3 is 10.4 Å². The maximum absolute atomic E-state index is 11.2. The second-order valence-electron chi connectivity index (χ2n) is 4.39. The molecular formula is C15H16N2O2. The van der Waals surface area contributed by atoms with E-state index >= 15 is 0 Å². The van der Waals surface area contributed by atoms with Crippen molar-refractivity contribution in [1.82, 2.24) is 4.98 Å². The second kappa shape index (κ2) is 5.52. The first kappa shape index (κ1) is 13.1. The molecule has 0 saturated heterocycles. The monoisotopic (exact) mass is 256 g/mol. The number of pyridine rings is 1. The summed E-state index contributed by atoms with van der Waals surface area (Å²) in [5.41, 5.74) is 2.49. The van der Waals surface area contributed by atoms with Gasteiger partial charge in [-0.3, -0.25) is 4.98 Å². The zero-order valence-electron chi connectivity index (χ0n) is 10.8. The molecule has 1 atom stereocenters. The Bertz CT molecular complexity index is 623. The van der Waals surface area contributed by atoms with Crippen LogP contribution in [0.25, 0.3) is 10.9 Å². The van der Waals surface area contributed by atoms with Crippen LogP contribution in [0.15, 0.2) is 43.0 Å². The molecule has 0 fully saturated rings. The zero-order valence-corrected chi connectivity index (χ0v) is 10.8. The van der Waals surface area contributed by atoms with E-state index in [1.54, 1.807) is 6.08 Å². The number of aryl methyl sites for hydroxylation is 1. The summed E-state index contributed by atoms with van der Waals surface area (Å²) in [4.78, 5) is 15.6. The zero-order chi connectivity index (χ0) is 13.8. The number of carboxylic acid groups (broad SMARTS) is 1. The van der Waals surface area contributed by atoms with E-state index in [9.17, 15) is 9.90 Å². The van der Waals surface area contributed by atoms with Crippen LogP contribution < -0.4 is 5.32 Å². The number of carbonyl (C=O) groups is 1. The summed E-state index contributed by atoms with van der Waals surface area (Å²) in [6, 6.07) is 8.85. The average molecular weight is 256 g/mol. The van der Waals surface area contributed by atoms with Crippen molar-refractivity contribution < 1.29 is 9.90 Å². The van der Waals surface area contributed by atoms with Crippen LogP contribution in [0.4, 0.5) is 5.69 Å². The van der Waals surface area contributed by atoms with Gasteiger partial charge in [0.1, 0.15) is 6.04 Å². The lowest BCUT2D eigenvalue weighted by Gasteiger charge is -2.16. The fourth-order valence-electron chi connectivity index (χ4n) is 2.00. The number of aromatic nitrogens is 1. The predicted molar refractivity (Wildman–Crippen MR) is 76.3 cm³/mol. The first-order valence-corrected chi connectivity index (χ1v) is 6.08. The van der Waals surface area contributed by atoms with Gasteiger partial charge in [-0.1, -0.05) is 24.3 Å². The molecule has 0 aliphatic carbocycles. The number of nitrogens with zero attached hydrogens (tertiary/aromatic N) is 1. The van der Waals surface area contributed by atoms with E-state index in [1.807, 2.05) is 37.3 Å². The summed E-state index contributed by atoms with van der Waals surface area (Å²) in [5.74, 6) is -0.890. The standard InChI is InChI=1S/C15H16N2O2/c1-3-6-13(15(18)19)17-14-9-10(2)16-12-8-5-4-7-11(12)14/h3-5,7-9,13H,1,6H2,2H3,(H,16,17)(H,18,19). The van der Waals surface area contributed by atoms with E-state index < -0.39 is 12.0 Å². The lowest BCUT2D eigenvalue weighted by molar-refractivity contribution is -0.137. The Morgan fingerprint density at radius 3 is 2.95 bits per heavy atom. The quantitative estimate of drug-likeness (QED) is 0.807. The molecule has 2 N–H and O–H groups in total. The number of anilines is 1. The molecular weight excluding hydrogens is 240 g/mol. The van der Waals surface area contributed by atoms with Crippen molar-refractivity contribution >= 4 is 22.6 Å². The SMILES string of the molecule is C=CCC(Nc1cc(C)nc2ccccc12)C(=O)O. The first-order valence-electron chi connectivity index (χ1n) is 6.08. The molecule has 19 heavy (non-hydrogen) atoms. The first-order chi connectivity index (χ1) is 9.11. The lowest BCUT2D eigenvalue weighted by atomic mass is 10.1. The largest absolute Gasteiger partial charge is 0.480 e. The third-order valence-corrected chi connectivity index (χ3v) is 2.87. The maximum atomic E-state index is 11.2. The highest BCUT2D eigenvalue weighted by molar-refractivity contribution is 5.93. The number of rotatable bonds is 5. The number of aliphatic carboxylic acids is 1. The molecule has 0 bridgehead atoms. The second-order valence-corrected chi connectivity index (χ2v) is 4.39. The number of carboxylic acids is 1. The van der Waals surface area contributed by atoms with Crippen LogP contribution in [-0.4, -0.2) is 22.1 Å². The fourth-order valence-corrected chi connectivity index (χ4v) is 2.00. The molecule has 98 valence electrons. The van der Waals surface area contributed by atoms with Crippen molar-refractivity contribution in [3.05, 3.63) is 48.7 Å². The molecule has 1 aromatic heterocycles. The van der Waals surface area contributed by atoms with Crippen LogP contribution >= 0.6 is 0 Å². The van der Waals surface area contributed by atoms with Crippen LogP contribution in [0, 0.1) is 6.92 Å². The topological polar surface area (TPSA) is 62.2 Å². The molecule has 0 amide bonds. The van der Waals surface area contributed by atoms with Gasteiger partial charge in [-0.2, -0.15) is 0 Å². The Hall–Kier alpha value is -2.36. The highest BCUT2D eigenvalue weighted by atomic mass is 16.4. The third-order valence-electron chi connectivity index (χ3n) is 2.87. The third kappa shape index (κ3) is 2.91. The predicted octanol–water partition coefficient (Wildman–Crippen LogP) is 2.98. The maximum Gasteiger partial charge on any atom is 0.326 e. The molecule has 0 saturated carbocycles. The fraction of sp³-hybridized carbons (Fsp3) is 0.200. The van der Waals surface area contributed by atoms with Gasteiger partial charge in [0, 0.05) is 16.8 Å². The average Bonchev–Trinajstić information content (AvgIpc) is 2.37. The summed E-state index contributed by atoms with van der Waals surface area (Å²) in [6.45, 7) is 5.48. The number of hydrogen-bond donors (Lipinski definition) is 2. The lowest BCUT2D eigenvalue weighted by Crippen LogP contribution is -2.28. The molecule has 0 spiro atoms. The Balaban J connectivity index is 2.43. The van der Waals surface area contributed by atoms with Gasteiger partial charge in [-0.15, -0.1) is 6.58 Å². The summed E-state index contributed by atoms with van der Waals surface area (Å²) < 4.78 is 0. The van der Waals surface area contributed by atoms with Gasteiger partial charge in [-0.05, 0) is 25.5 Å². The summed E-state index contributed by atoms with van der Waals surface area (Å²) >= 11 is 0. The molecule has 1 unspecified atom stereocenters. The number of hydrogen-bond acceptors (Lipinski definition) is 3. The number of fused-ring (bicyclic) bond motifs is 1. The van der Waals surface area contributed by atoms with Crippen LogP contribution in [0.3, 0.4) is 0 Å². The number of nitrogens with one attached hydrogen (secondary N) is 1.